The van der Waals surface area contributed by atoms with E-state index in [1.165, 1.54) is 0 Å². The Hall–Kier alpha value is -1.66. The van der Waals surface area contributed by atoms with Gasteiger partial charge in [-0.2, -0.15) is 0 Å². The zero-order valence-corrected chi connectivity index (χ0v) is 6.36. The van der Waals surface area contributed by atoms with Crippen molar-refractivity contribution >= 4 is 6.21 Å². The minimum absolute atomic E-state index is 0.121. The van der Waals surface area contributed by atoms with E-state index in [9.17, 15) is 22.0 Å². The maximum absolute atomic E-state index is 12.7. The van der Waals surface area contributed by atoms with Crippen LogP contribution >= 0.6 is 0 Å². The van der Waals surface area contributed by atoms with Gasteiger partial charge in [0, 0.05) is 0 Å². The second-order valence-electron chi connectivity index (χ2n) is 2.23. The highest BCUT2D eigenvalue weighted by Gasteiger charge is 2.24. The van der Waals surface area contributed by atoms with Crippen molar-refractivity contribution in [3.8, 4) is 0 Å². The van der Waals surface area contributed by atoms with Crippen LogP contribution in [0.15, 0.2) is 5.16 Å². The summed E-state index contributed by atoms with van der Waals surface area (Å²) in [6.07, 6.45) is 0.121. The minimum atomic E-state index is -2.25. The molecule has 1 N–H and O–H groups in total. The number of oxime groups is 1. The molecule has 0 spiro atoms. The highest BCUT2D eigenvalue weighted by Crippen LogP contribution is 2.21. The molecule has 0 aromatic heterocycles. The van der Waals surface area contributed by atoms with Gasteiger partial charge in [-0.3, -0.25) is 0 Å². The first-order valence-corrected chi connectivity index (χ1v) is 3.19. The molecule has 7 heteroatoms. The smallest absolute Gasteiger partial charge is 0.200 e. The highest BCUT2D eigenvalue weighted by molar-refractivity contribution is 5.79. The summed E-state index contributed by atoms with van der Waals surface area (Å²) in [4.78, 5) is 0. The van der Waals surface area contributed by atoms with Crippen LogP contribution < -0.4 is 0 Å². The summed E-state index contributed by atoms with van der Waals surface area (Å²) < 4.78 is 62.6. The van der Waals surface area contributed by atoms with Gasteiger partial charge in [-0.1, -0.05) is 5.16 Å². The predicted molar refractivity (Wildman–Crippen MR) is 35.6 cm³/mol. The van der Waals surface area contributed by atoms with Gasteiger partial charge in [0.1, 0.15) is 0 Å². The Balaban J connectivity index is 3.59. The molecule has 0 aliphatic heterocycles. The molecular weight excluding hydrogens is 209 g/mol. The van der Waals surface area contributed by atoms with E-state index in [4.69, 9.17) is 5.21 Å². The number of hydrogen-bond acceptors (Lipinski definition) is 2. The Bertz CT molecular complexity index is 375. The summed E-state index contributed by atoms with van der Waals surface area (Å²) >= 11 is 0. The molecule has 1 aromatic rings. The number of rotatable bonds is 1. The molecule has 1 rings (SSSR count). The van der Waals surface area contributed by atoms with Crippen LogP contribution in [0.5, 0.6) is 0 Å². The Kier molecular flexibility index (Phi) is 2.68. The van der Waals surface area contributed by atoms with Gasteiger partial charge in [-0.25, -0.2) is 22.0 Å². The monoisotopic (exact) mass is 211 g/mol. The van der Waals surface area contributed by atoms with Crippen molar-refractivity contribution in [1.29, 1.82) is 0 Å². The van der Waals surface area contributed by atoms with Crippen LogP contribution in [0.4, 0.5) is 22.0 Å². The van der Waals surface area contributed by atoms with Crippen LogP contribution in [0, 0.1) is 29.1 Å². The van der Waals surface area contributed by atoms with E-state index in [1.807, 2.05) is 0 Å². The van der Waals surface area contributed by atoms with Crippen molar-refractivity contribution < 1.29 is 27.2 Å². The number of halogens is 5. The average molecular weight is 211 g/mol. The fraction of sp³-hybridized carbons (Fsp3) is 0. The summed E-state index contributed by atoms with van der Waals surface area (Å²) in [6.45, 7) is 0. The molecule has 0 saturated carbocycles. The lowest BCUT2D eigenvalue weighted by atomic mass is 10.2. The van der Waals surface area contributed by atoms with Crippen molar-refractivity contribution in [2.45, 2.75) is 0 Å². The van der Waals surface area contributed by atoms with Crippen LogP contribution in [0.25, 0.3) is 0 Å². The maximum Gasteiger partial charge on any atom is 0.200 e. The molecule has 14 heavy (non-hydrogen) atoms. The van der Waals surface area contributed by atoms with Crippen molar-refractivity contribution in [1.82, 2.24) is 0 Å². The van der Waals surface area contributed by atoms with Crippen LogP contribution in [0.1, 0.15) is 5.56 Å². The summed E-state index contributed by atoms with van der Waals surface area (Å²) in [5.41, 5.74) is -1.29. The molecule has 2 nitrogen and oxygen atoms in total. The lowest BCUT2D eigenvalue weighted by molar-refractivity contribution is 0.320. The van der Waals surface area contributed by atoms with Crippen LogP contribution in [0.2, 0.25) is 0 Å². The third-order valence-electron chi connectivity index (χ3n) is 1.43. The Morgan fingerprint density at radius 3 is 1.50 bits per heavy atom. The first-order chi connectivity index (χ1) is 6.50. The SMILES string of the molecule is ON=Cc1c(F)c(F)c(F)c(F)c1F. The molecule has 0 amide bonds. The molecule has 0 heterocycles. The Labute approximate surface area is 74.3 Å². The van der Waals surface area contributed by atoms with Crippen molar-refractivity contribution in [3.05, 3.63) is 34.6 Å². The molecule has 0 unspecified atom stereocenters. The summed E-state index contributed by atoms with van der Waals surface area (Å²) in [6, 6.07) is 0. The molecule has 0 radical (unpaired) electrons. The van der Waals surface area contributed by atoms with E-state index >= 15 is 0 Å². The summed E-state index contributed by atoms with van der Waals surface area (Å²) in [5, 5.41) is 10.1. The number of hydrogen-bond donors (Lipinski definition) is 1. The molecule has 76 valence electrons. The zero-order valence-electron chi connectivity index (χ0n) is 6.36. The van der Waals surface area contributed by atoms with Crippen molar-refractivity contribution in [3.63, 3.8) is 0 Å². The van der Waals surface area contributed by atoms with Gasteiger partial charge >= 0.3 is 0 Å². The molecule has 0 aliphatic carbocycles. The Morgan fingerprint density at radius 2 is 1.14 bits per heavy atom. The largest absolute Gasteiger partial charge is 0.411 e. The molecule has 1 aromatic carbocycles. The van der Waals surface area contributed by atoms with E-state index in [0.29, 0.717) is 0 Å². The molecular formula is C7H2F5NO. The lowest BCUT2D eigenvalue weighted by Gasteiger charge is -2.02. The van der Waals surface area contributed by atoms with E-state index in [0.717, 1.165) is 0 Å². The second-order valence-corrected chi connectivity index (χ2v) is 2.23. The zero-order chi connectivity index (χ0) is 10.9. The van der Waals surface area contributed by atoms with Crippen LogP contribution in [-0.2, 0) is 0 Å². The lowest BCUT2D eigenvalue weighted by Crippen LogP contribution is -2.06. The van der Waals surface area contributed by atoms with Gasteiger partial charge in [0.25, 0.3) is 0 Å². The normalized spacial score (nSPS) is 11.2. The van der Waals surface area contributed by atoms with Crippen LogP contribution in [-0.4, -0.2) is 11.4 Å². The first-order valence-electron chi connectivity index (χ1n) is 3.19. The summed E-state index contributed by atoms with van der Waals surface area (Å²) in [7, 11) is 0. The van der Waals surface area contributed by atoms with Gasteiger partial charge in [-0.15, -0.1) is 0 Å². The standard InChI is InChI=1S/C7H2F5NO/c8-3-2(1-13-14)4(9)6(11)7(12)5(3)10/h1,14H. The topological polar surface area (TPSA) is 32.6 Å². The molecule has 0 aliphatic rings. The van der Waals surface area contributed by atoms with E-state index in [1.54, 1.807) is 0 Å². The van der Waals surface area contributed by atoms with E-state index < -0.39 is 34.6 Å². The molecule has 0 fully saturated rings. The summed E-state index contributed by atoms with van der Waals surface area (Å²) in [5.74, 6) is -10.5. The molecule has 0 bridgehead atoms. The number of nitrogens with zero attached hydrogens (tertiary/aromatic N) is 1. The van der Waals surface area contributed by atoms with E-state index in [-0.39, 0.29) is 6.21 Å². The highest BCUT2D eigenvalue weighted by atomic mass is 19.2. The Morgan fingerprint density at radius 1 is 0.786 bits per heavy atom. The third kappa shape index (κ3) is 1.40. The predicted octanol–water partition coefficient (Wildman–Crippen LogP) is 2.19. The maximum atomic E-state index is 12.7. The molecule has 0 saturated heterocycles. The van der Waals surface area contributed by atoms with Gasteiger partial charge in [0.05, 0.1) is 11.8 Å². The minimum Gasteiger partial charge on any atom is -0.411 e. The van der Waals surface area contributed by atoms with Gasteiger partial charge in [0.2, 0.25) is 5.82 Å². The fourth-order valence-corrected chi connectivity index (χ4v) is 0.793. The second kappa shape index (κ2) is 3.60. The third-order valence-corrected chi connectivity index (χ3v) is 1.43. The molecule has 0 atom stereocenters. The number of benzene rings is 1. The van der Waals surface area contributed by atoms with Crippen LogP contribution in [0.3, 0.4) is 0 Å². The van der Waals surface area contributed by atoms with E-state index in [2.05, 4.69) is 5.16 Å². The van der Waals surface area contributed by atoms with Crippen molar-refractivity contribution in [2.24, 2.45) is 5.16 Å². The average Bonchev–Trinajstić information content (AvgIpc) is 2.19. The van der Waals surface area contributed by atoms with Gasteiger partial charge < -0.3 is 5.21 Å². The first kappa shape index (κ1) is 10.4. The van der Waals surface area contributed by atoms with Crippen molar-refractivity contribution in [2.75, 3.05) is 0 Å². The quantitative estimate of drug-likeness (QED) is 0.189. The van der Waals surface area contributed by atoms with Gasteiger partial charge in [-0.05, 0) is 0 Å². The fourth-order valence-electron chi connectivity index (χ4n) is 0.793. The van der Waals surface area contributed by atoms with Gasteiger partial charge in [0.15, 0.2) is 23.3 Å².